The van der Waals surface area contributed by atoms with Gasteiger partial charge in [-0.25, -0.2) is 0 Å². The largest absolute Gasteiger partial charge is 0.489 e. The Balaban J connectivity index is 2.43. The molecule has 0 saturated carbocycles. The van der Waals surface area contributed by atoms with Crippen LogP contribution in [0.1, 0.15) is 26.3 Å². The number of hydrogen-bond donors (Lipinski definition) is 2. The van der Waals surface area contributed by atoms with Crippen molar-refractivity contribution < 1.29 is 15.2 Å². The van der Waals surface area contributed by atoms with Crippen LogP contribution in [0.5, 0.6) is 5.75 Å². The minimum absolute atomic E-state index is 0.0888. The Kier molecular flexibility index (Phi) is 5.14. The van der Waals surface area contributed by atoms with Crippen molar-refractivity contribution in [3.63, 3.8) is 0 Å². The number of nitrogens with zero attached hydrogens (tertiary/aromatic N) is 1. The molecule has 1 rings (SSSR count). The molecule has 98 valence electrons. The number of hydrogen-bond acceptors (Lipinski definition) is 3. The second kappa shape index (κ2) is 6.39. The lowest BCUT2D eigenvalue weighted by Gasteiger charge is -2.19. The van der Waals surface area contributed by atoms with Gasteiger partial charge in [-0.05, 0) is 32.9 Å². The van der Waals surface area contributed by atoms with Crippen LogP contribution >= 0.6 is 0 Å². The van der Waals surface area contributed by atoms with Crippen LogP contribution in [0.2, 0.25) is 0 Å². The number of ether oxygens (including phenoxy) is 1. The van der Waals surface area contributed by atoms with Crippen molar-refractivity contribution in [2.75, 3.05) is 13.2 Å². The molecule has 18 heavy (non-hydrogen) atoms. The first kappa shape index (κ1) is 14.5. The lowest BCUT2D eigenvalue weighted by atomic mass is 10.1. The summed E-state index contributed by atoms with van der Waals surface area (Å²) in [6.45, 7) is 7.05. The van der Waals surface area contributed by atoms with E-state index in [-0.39, 0.29) is 12.1 Å². The fraction of sp³-hybridized carbons (Fsp3) is 0.500. The minimum atomic E-state index is -0.545. The van der Waals surface area contributed by atoms with E-state index in [0.29, 0.717) is 17.9 Å². The molecule has 1 atom stereocenters. The lowest BCUT2D eigenvalue weighted by molar-refractivity contribution is -0.722. The van der Waals surface area contributed by atoms with Gasteiger partial charge < -0.3 is 15.2 Å². The molecule has 4 heteroatoms. The van der Waals surface area contributed by atoms with Crippen LogP contribution in [0.3, 0.4) is 0 Å². The molecule has 0 heterocycles. The molecule has 0 aliphatic heterocycles. The average molecular weight is 249 g/mol. The number of quaternary nitrogens is 1. The molecular weight excluding hydrogens is 228 g/mol. The highest BCUT2D eigenvalue weighted by atomic mass is 16.5. The molecule has 4 nitrogen and oxygen atoms in total. The van der Waals surface area contributed by atoms with Gasteiger partial charge in [-0.2, -0.15) is 5.26 Å². The predicted molar refractivity (Wildman–Crippen MR) is 69.2 cm³/mol. The van der Waals surface area contributed by atoms with Crippen molar-refractivity contribution in [3.8, 4) is 11.8 Å². The van der Waals surface area contributed by atoms with Crippen LogP contribution in [0.4, 0.5) is 0 Å². The van der Waals surface area contributed by atoms with E-state index in [4.69, 9.17) is 10.00 Å². The summed E-state index contributed by atoms with van der Waals surface area (Å²) < 4.78 is 5.46. The quantitative estimate of drug-likeness (QED) is 0.805. The van der Waals surface area contributed by atoms with E-state index in [0.717, 1.165) is 0 Å². The summed E-state index contributed by atoms with van der Waals surface area (Å²) in [4.78, 5) is 0. The third-order valence-electron chi connectivity index (χ3n) is 2.44. The van der Waals surface area contributed by atoms with Crippen molar-refractivity contribution in [3.05, 3.63) is 29.8 Å². The molecule has 0 unspecified atom stereocenters. The second-order valence-corrected chi connectivity index (χ2v) is 5.38. The number of aliphatic hydroxyl groups is 1. The van der Waals surface area contributed by atoms with E-state index in [1.54, 1.807) is 18.2 Å². The van der Waals surface area contributed by atoms with Crippen LogP contribution in [0.15, 0.2) is 24.3 Å². The van der Waals surface area contributed by atoms with Crippen LogP contribution in [-0.2, 0) is 0 Å². The molecule has 0 saturated heterocycles. The molecule has 3 N–H and O–H groups in total. The summed E-state index contributed by atoms with van der Waals surface area (Å²) in [7, 11) is 0. The minimum Gasteiger partial charge on any atom is -0.489 e. The first-order valence-electron chi connectivity index (χ1n) is 6.07. The number of nitrogens with two attached hydrogens (primary N) is 1. The monoisotopic (exact) mass is 249 g/mol. The van der Waals surface area contributed by atoms with Crippen molar-refractivity contribution in [2.24, 2.45) is 0 Å². The molecule has 0 bridgehead atoms. The molecule has 0 fully saturated rings. The summed E-state index contributed by atoms with van der Waals surface area (Å²) >= 11 is 0. The van der Waals surface area contributed by atoms with Gasteiger partial charge in [0.2, 0.25) is 0 Å². The fourth-order valence-corrected chi connectivity index (χ4v) is 1.43. The SMILES string of the molecule is CC(C)(C)[NH2+]C[C@@H](O)COc1ccccc1C#N. The van der Waals surface area contributed by atoms with Crippen LogP contribution < -0.4 is 10.1 Å². The third kappa shape index (κ3) is 5.17. The zero-order valence-corrected chi connectivity index (χ0v) is 11.2. The van der Waals surface area contributed by atoms with E-state index in [1.165, 1.54) is 0 Å². The third-order valence-corrected chi connectivity index (χ3v) is 2.44. The van der Waals surface area contributed by atoms with E-state index in [2.05, 4.69) is 32.2 Å². The Morgan fingerprint density at radius 3 is 2.67 bits per heavy atom. The first-order chi connectivity index (χ1) is 8.42. The molecule has 0 aromatic heterocycles. The highest BCUT2D eigenvalue weighted by molar-refractivity contribution is 5.42. The second-order valence-electron chi connectivity index (χ2n) is 5.38. The molecule has 0 amide bonds. The summed E-state index contributed by atoms with van der Waals surface area (Å²) in [5.41, 5.74) is 0.579. The topological polar surface area (TPSA) is 69.9 Å². The predicted octanol–water partition coefficient (Wildman–Crippen LogP) is 0.660. The highest BCUT2D eigenvalue weighted by Crippen LogP contribution is 2.16. The van der Waals surface area contributed by atoms with E-state index in [1.807, 2.05) is 6.07 Å². The maximum atomic E-state index is 9.80. The van der Waals surface area contributed by atoms with Gasteiger partial charge in [0.25, 0.3) is 0 Å². The van der Waals surface area contributed by atoms with Gasteiger partial charge >= 0.3 is 0 Å². The Labute approximate surface area is 108 Å². The maximum Gasteiger partial charge on any atom is 0.137 e. The van der Waals surface area contributed by atoms with Crippen LogP contribution in [0, 0.1) is 11.3 Å². The molecule has 1 aromatic rings. The Morgan fingerprint density at radius 1 is 1.39 bits per heavy atom. The molecule has 0 aliphatic rings. The Hall–Kier alpha value is -1.57. The van der Waals surface area contributed by atoms with Crippen molar-refractivity contribution in [1.29, 1.82) is 5.26 Å². The van der Waals surface area contributed by atoms with E-state index in [9.17, 15) is 5.11 Å². The van der Waals surface area contributed by atoms with Crippen molar-refractivity contribution in [2.45, 2.75) is 32.4 Å². The fourth-order valence-electron chi connectivity index (χ4n) is 1.43. The van der Waals surface area contributed by atoms with Crippen LogP contribution in [-0.4, -0.2) is 29.9 Å². The van der Waals surface area contributed by atoms with E-state index < -0.39 is 6.10 Å². The highest BCUT2D eigenvalue weighted by Gasteiger charge is 2.16. The first-order valence-corrected chi connectivity index (χ1v) is 6.07. The Bertz CT molecular complexity index is 419. The number of nitriles is 1. The summed E-state index contributed by atoms with van der Waals surface area (Å²) in [5.74, 6) is 0.523. The maximum absolute atomic E-state index is 9.80. The number of benzene rings is 1. The lowest BCUT2D eigenvalue weighted by Crippen LogP contribution is -2.96. The molecule has 0 aliphatic carbocycles. The van der Waals surface area contributed by atoms with Gasteiger partial charge in [-0.15, -0.1) is 0 Å². The summed E-state index contributed by atoms with van der Waals surface area (Å²) in [6, 6.07) is 9.09. The summed E-state index contributed by atoms with van der Waals surface area (Å²) in [6.07, 6.45) is -0.545. The molecule has 0 radical (unpaired) electrons. The summed E-state index contributed by atoms with van der Waals surface area (Å²) in [5, 5.41) is 20.8. The van der Waals surface area contributed by atoms with E-state index >= 15 is 0 Å². The van der Waals surface area contributed by atoms with Gasteiger partial charge in [0.1, 0.15) is 31.1 Å². The average Bonchev–Trinajstić information content (AvgIpc) is 2.33. The Morgan fingerprint density at radius 2 is 2.06 bits per heavy atom. The van der Waals surface area contributed by atoms with Crippen LogP contribution in [0.25, 0.3) is 0 Å². The normalized spacial score (nSPS) is 12.8. The standard InChI is InChI=1S/C14H20N2O2/c1-14(2,3)16-9-12(17)10-18-13-7-5-4-6-11(13)8-15/h4-7,12,16-17H,9-10H2,1-3H3/p+1/t12-/m1/s1. The number of aliphatic hydroxyl groups excluding tert-OH is 1. The van der Waals surface area contributed by atoms with Crippen molar-refractivity contribution >= 4 is 0 Å². The van der Waals surface area contributed by atoms with Gasteiger partial charge in [0.05, 0.1) is 11.1 Å². The molecular formula is C14H21N2O2+. The van der Waals surface area contributed by atoms with Crippen molar-refractivity contribution in [1.82, 2.24) is 0 Å². The number of rotatable bonds is 5. The number of para-hydroxylation sites is 1. The van der Waals surface area contributed by atoms with Gasteiger partial charge in [-0.3, -0.25) is 0 Å². The zero-order valence-electron chi connectivity index (χ0n) is 11.2. The molecule has 1 aromatic carbocycles. The van der Waals surface area contributed by atoms with Gasteiger partial charge in [0.15, 0.2) is 0 Å². The van der Waals surface area contributed by atoms with Gasteiger partial charge in [-0.1, -0.05) is 12.1 Å². The smallest absolute Gasteiger partial charge is 0.137 e. The molecule has 0 spiro atoms. The van der Waals surface area contributed by atoms with Gasteiger partial charge in [0, 0.05) is 0 Å². The zero-order chi connectivity index (χ0) is 13.6.